The van der Waals surface area contributed by atoms with Crippen LogP contribution in [0, 0.1) is 0 Å². The van der Waals surface area contributed by atoms with Gasteiger partial charge < -0.3 is 14.5 Å². The van der Waals surface area contributed by atoms with Crippen LogP contribution in [0.3, 0.4) is 0 Å². The second kappa shape index (κ2) is 6.34. The second-order valence-electron chi connectivity index (χ2n) is 4.70. The van der Waals surface area contributed by atoms with E-state index < -0.39 is 0 Å². The summed E-state index contributed by atoms with van der Waals surface area (Å²) in [6.45, 7) is 4.23. The highest BCUT2D eigenvalue weighted by Crippen LogP contribution is 2.20. The molecule has 5 heteroatoms. The van der Waals surface area contributed by atoms with Crippen LogP contribution in [-0.2, 0) is 11.3 Å². The zero-order valence-corrected chi connectivity index (χ0v) is 11.8. The van der Waals surface area contributed by atoms with Crippen molar-refractivity contribution in [3.05, 3.63) is 46.5 Å². The van der Waals surface area contributed by atoms with Gasteiger partial charge in [-0.15, -0.1) is 0 Å². The fourth-order valence-electron chi connectivity index (χ4n) is 1.84. The highest BCUT2D eigenvalue weighted by molar-refractivity contribution is 5.59. The van der Waals surface area contributed by atoms with E-state index in [2.05, 4.69) is 9.97 Å². The summed E-state index contributed by atoms with van der Waals surface area (Å²) in [5.74, 6) is 1.31. The molecule has 0 aliphatic heterocycles. The molecule has 0 unspecified atom stereocenters. The third-order valence-corrected chi connectivity index (χ3v) is 2.59. The number of aromatic amines is 1. The normalized spacial score (nSPS) is 10.8. The molecule has 20 heavy (non-hydrogen) atoms. The molecule has 2 rings (SSSR count). The van der Waals surface area contributed by atoms with Gasteiger partial charge in [0.25, 0.3) is 5.56 Å². The van der Waals surface area contributed by atoms with Crippen molar-refractivity contribution in [1.82, 2.24) is 9.97 Å². The van der Waals surface area contributed by atoms with Gasteiger partial charge in [0, 0.05) is 18.7 Å². The number of hydrogen-bond donors (Lipinski definition) is 1. The lowest BCUT2D eigenvalue weighted by Gasteiger charge is -2.10. The van der Waals surface area contributed by atoms with Crippen molar-refractivity contribution in [2.24, 2.45) is 0 Å². The first-order valence-electron chi connectivity index (χ1n) is 6.45. The molecule has 0 aliphatic carbocycles. The van der Waals surface area contributed by atoms with Crippen LogP contribution in [0.25, 0.3) is 11.3 Å². The SMILES string of the molecule is COCc1nc(-c2ccc(OC(C)C)cc2)cc(=O)[nH]1. The summed E-state index contributed by atoms with van der Waals surface area (Å²) in [5.41, 5.74) is 1.30. The lowest BCUT2D eigenvalue weighted by Crippen LogP contribution is -2.11. The van der Waals surface area contributed by atoms with Crippen molar-refractivity contribution in [3.8, 4) is 17.0 Å². The van der Waals surface area contributed by atoms with Crippen LogP contribution >= 0.6 is 0 Å². The molecule has 0 saturated heterocycles. The number of methoxy groups -OCH3 is 1. The molecular weight excluding hydrogens is 256 g/mol. The van der Waals surface area contributed by atoms with Gasteiger partial charge in [-0.25, -0.2) is 4.98 Å². The van der Waals surface area contributed by atoms with Gasteiger partial charge in [0.2, 0.25) is 0 Å². The number of H-pyrrole nitrogens is 1. The molecule has 0 amide bonds. The minimum atomic E-state index is -0.190. The molecule has 0 bridgehead atoms. The average Bonchev–Trinajstić information content (AvgIpc) is 2.38. The van der Waals surface area contributed by atoms with Crippen LogP contribution in [0.2, 0.25) is 0 Å². The summed E-state index contributed by atoms with van der Waals surface area (Å²) < 4.78 is 10.6. The van der Waals surface area contributed by atoms with Gasteiger partial charge in [-0.05, 0) is 38.1 Å². The summed E-state index contributed by atoms with van der Waals surface area (Å²) in [4.78, 5) is 18.6. The molecule has 5 nitrogen and oxygen atoms in total. The van der Waals surface area contributed by atoms with Crippen LogP contribution in [0.5, 0.6) is 5.75 Å². The van der Waals surface area contributed by atoms with E-state index in [0.29, 0.717) is 11.5 Å². The molecule has 0 atom stereocenters. The largest absolute Gasteiger partial charge is 0.491 e. The van der Waals surface area contributed by atoms with Crippen LogP contribution in [0.1, 0.15) is 19.7 Å². The summed E-state index contributed by atoms with van der Waals surface area (Å²) in [5, 5.41) is 0. The van der Waals surface area contributed by atoms with Crippen molar-refractivity contribution < 1.29 is 9.47 Å². The predicted molar refractivity (Wildman–Crippen MR) is 76.8 cm³/mol. The maximum atomic E-state index is 11.6. The van der Waals surface area contributed by atoms with Gasteiger partial charge in [0.05, 0.1) is 11.8 Å². The van der Waals surface area contributed by atoms with E-state index in [0.717, 1.165) is 11.3 Å². The Balaban J connectivity index is 2.29. The molecule has 0 spiro atoms. The first kappa shape index (κ1) is 14.3. The van der Waals surface area contributed by atoms with Crippen molar-refractivity contribution in [1.29, 1.82) is 0 Å². The minimum Gasteiger partial charge on any atom is -0.491 e. The van der Waals surface area contributed by atoms with Crippen LogP contribution < -0.4 is 10.3 Å². The van der Waals surface area contributed by atoms with E-state index in [9.17, 15) is 4.79 Å². The van der Waals surface area contributed by atoms with Gasteiger partial charge >= 0.3 is 0 Å². The van der Waals surface area contributed by atoms with Crippen molar-refractivity contribution in [2.75, 3.05) is 7.11 Å². The number of rotatable bonds is 5. The lowest BCUT2D eigenvalue weighted by molar-refractivity contribution is 0.177. The molecule has 0 radical (unpaired) electrons. The number of nitrogens with one attached hydrogen (secondary N) is 1. The summed E-state index contributed by atoms with van der Waals surface area (Å²) >= 11 is 0. The van der Waals surface area contributed by atoms with Crippen LogP contribution in [0.4, 0.5) is 0 Å². The molecule has 1 N–H and O–H groups in total. The molecule has 106 valence electrons. The van der Waals surface area contributed by atoms with E-state index >= 15 is 0 Å². The average molecular weight is 274 g/mol. The van der Waals surface area contributed by atoms with Crippen LogP contribution in [0.15, 0.2) is 35.1 Å². The first-order chi connectivity index (χ1) is 9.58. The van der Waals surface area contributed by atoms with Gasteiger partial charge in [0.1, 0.15) is 18.2 Å². The molecule has 0 aliphatic rings. The third-order valence-electron chi connectivity index (χ3n) is 2.59. The van der Waals surface area contributed by atoms with Gasteiger partial charge in [-0.2, -0.15) is 0 Å². The second-order valence-corrected chi connectivity index (χ2v) is 4.70. The van der Waals surface area contributed by atoms with Crippen molar-refractivity contribution >= 4 is 0 Å². The summed E-state index contributed by atoms with van der Waals surface area (Å²) in [7, 11) is 1.56. The van der Waals surface area contributed by atoms with Gasteiger partial charge in [-0.1, -0.05) is 0 Å². The zero-order valence-electron chi connectivity index (χ0n) is 11.8. The highest BCUT2D eigenvalue weighted by atomic mass is 16.5. The molecule has 1 aromatic heterocycles. The first-order valence-corrected chi connectivity index (χ1v) is 6.45. The Kier molecular flexibility index (Phi) is 4.53. The van der Waals surface area contributed by atoms with Gasteiger partial charge in [-0.3, -0.25) is 4.79 Å². The third kappa shape index (κ3) is 3.68. The number of hydrogen-bond acceptors (Lipinski definition) is 4. The van der Waals surface area contributed by atoms with E-state index in [1.165, 1.54) is 6.07 Å². The maximum Gasteiger partial charge on any atom is 0.251 e. The molecular formula is C15H18N2O3. The van der Waals surface area contributed by atoms with Gasteiger partial charge in [0.15, 0.2) is 0 Å². The highest BCUT2D eigenvalue weighted by Gasteiger charge is 2.05. The molecule has 0 saturated carbocycles. The number of nitrogens with zero attached hydrogens (tertiary/aromatic N) is 1. The van der Waals surface area contributed by atoms with Crippen molar-refractivity contribution in [3.63, 3.8) is 0 Å². The number of aromatic nitrogens is 2. The van der Waals surface area contributed by atoms with E-state index in [1.807, 2.05) is 38.1 Å². The molecule has 1 aromatic carbocycles. The van der Waals surface area contributed by atoms with Crippen molar-refractivity contribution in [2.45, 2.75) is 26.6 Å². The lowest BCUT2D eigenvalue weighted by atomic mass is 10.1. The maximum absolute atomic E-state index is 11.6. The summed E-state index contributed by atoms with van der Waals surface area (Å²) in [6.07, 6.45) is 0.131. The Morgan fingerprint density at radius 1 is 1.25 bits per heavy atom. The van der Waals surface area contributed by atoms with E-state index in [-0.39, 0.29) is 18.3 Å². The fourth-order valence-corrected chi connectivity index (χ4v) is 1.84. The smallest absolute Gasteiger partial charge is 0.251 e. The Morgan fingerprint density at radius 3 is 2.55 bits per heavy atom. The number of ether oxygens (including phenoxy) is 2. The standard InChI is InChI=1S/C15H18N2O3/c1-10(2)20-12-6-4-11(5-7-12)13-8-15(18)17-14(16-13)9-19-3/h4-8,10H,9H2,1-3H3,(H,16,17,18). The Labute approximate surface area is 117 Å². The summed E-state index contributed by atoms with van der Waals surface area (Å²) in [6, 6.07) is 8.98. The monoisotopic (exact) mass is 274 g/mol. The topological polar surface area (TPSA) is 64.2 Å². The fraction of sp³-hybridized carbons (Fsp3) is 0.333. The molecule has 0 fully saturated rings. The quantitative estimate of drug-likeness (QED) is 0.909. The van der Waals surface area contributed by atoms with Crippen LogP contribution in [-0.4, -0.2) is 23.2 Å². The predicted octanol–water partition coefficient (Wildman–Crippen LogP) is 2.37. The Bertz CT molecular complexity index is 618. The minimum absolute atomic E-state index is 0.131. The number of benzene rings is 1. The Morgan fingerprint density at radius 2 is 1.95 bits per heavy atom. The Hall–Kier alpha value is -2.14. The molecule has 2 aromatic rings. The van der Waals surface area contributed by atoms with E-state index in [4.69, 9.17) is 9.47 Å². The zero-order chi connectivity index (χ0) is 14.5. The molecule has 1 heterocycles. The van der Waals surface area contributed by atoms with E-state index in [1.54, 1.807) is 7.11 Å².